The average Bonchev–Trinajstić information content (AvgIpc) is 2.35. The maximum absolute atomic E-state index is 13.2. The van der Waals surface area contributed by atoms with Crippen LogP contribution in [0.25, 0.3) is 0 Å². The highest BCUT2D eigenvalue weighted by molar-refractivity contribution is 5.81. The Morgan fingerprint density at radius 3 is 2.72 bits per heavy atom. The van der Waals surface area contributed by atoms with Crippen LogP contribution in [0.1, 0.15) is 25.5 Å². The molecule has 0 aromatic heterocycles. The topological polar surface area (TPSA) is 52.6 Å². The van der Waals surface area contributed by atoms with Crippen LogP contribution in [0, 0.1) is 5.82 Å². The molecule has 100 valence electrons. The summed E-state index contributed by atoms with van der Waals surface area (Å²) in [5.74, 6) is -0.525. The summed E-state index contributed by atoms with van der Waals surface area (Å²) in [5.41, 5.74) is 1.17. The van der Waals surface area contributed by atoms with Crippen LogP contribution in [-0.4, -0.2) is 31.2 Å². The summed E-state index contributed by atoms with van der Waals surface area (Å²) in [4.78, 5) is 13.2. The molecule has 1 aromatic carbocycles. The van der Waals surface area contributed by atoms with Crippen LogP contribution >= 0.6 is 0 Å². The molecule has 0 bridgehead atoms. The first kappa shape index (κ1) is 14.4. The van der Waals surface area contributed by atoms with E-state index in [0.29, 0.717) is 17.8 Å². The third-order valence-corrected chi connectivity index (χ3v) is 2.78. The highest BCUT2D eigenvalue weighted by Crippen LogP contribution is 2.27. The number of likely N-dealkylation sites (N-methyl/N-ethyl adjacent to an activating group) is 2. The van der Waals surface area contributed by atoms with Crippen molar-refractivity contribution in [3.05, 3.63) is 29.6 Å². The van der Waals surface area contributed by atoms with Gasteiger partial charge in [0, 0.05) is 24.8 Å². The lowest BCUT2D eigenvalue weighted by Crippen LogP contribution is -2.36. The Bertz CT molecular complexity index is 421. The first-order valence-electron chi connectivity index (χ1n) is 5.92. The normalized spacial score (nSPS) is 12.1. The van der Waals surface area contributed by atoms with Crippen molar-refractivity contribution >= 4 is 11.6 Å². The average molecular weight is 254 g/mol. The van der Waals surface area contributed by atoms with Gasteiger partial charge in [0.1, 0.15) is 5.82 Å². The Morgan fingerprint density at radius 1 is 1.56 bits per heavy atom. The summed E-state index contributed by atoms with van der Waals surface area (Å²) >= 11 is 0. The van der Waals surface area contributed by atoms with E-state index in [9.17, 15) is 14.3 Å². The van der Waals surface area contributed by atoms with E-state index in [1.807, 2.05) is 6.92 Å². The maximum atomic E-state index is 13.2. The molecule has 1 atom stereocenters. The molecule has 0 saturated carbocycles. The van der Waals surface area contributed by atoms with Crippen LogP contribution in [0.5, 0.6) is 0 Å². The molecule has 1 aromatic rings. The lowest BCUT2D eigenvalue weighted by Gasteiger charge is -2.25. The Hall–Kier alpha value is -1.62. The van der Waals surface area contributed by atoms with Crippen molar-refractivity contribution in [2.24, 2.45) is 0 Å². The second-order valence-corrected chi connectivity index (χ2v) is 4.07. The number of aliphatic hydroxyl groups excluding tert-OH is 1. The standard InChI is InChI=1S/C13H19FN2O2/c1-4-16(8-13(18)15-3)12-6-5-10(14)7-11(12)9(2)17/h5-7,9,17H,4,8H2,1-3H3,(H,15,18)/t9-/m0/s1. The zero-order chi connectivity index (χ0) is 13.7. The van der Waals surface area contributed by atoms with E-state index in [4.69, 9.17) is 0 Å². The molecule has 0 heterocycles. The first-order chi connectivity index (χ1) is 8.49. The molecule has 4 nitrogen and oxygen atoms in total. The van der Waals surface area contributed by atoms with E-state index >= 15 is 0 Å². The number of carbonyl (C=O) groups is 1. The van der Waals surface area contributed by atoms with Gasteiger partial charge in [0.15, 0.2) is 0 Å². The molecule has 0 saturated heterocycles. The van der Waals surface area contributed by atoms with Crippen molar-refractivity contribution in [2.75, 3.05) is 25.0 Å². The molecule has 18 heavy (non-hydrogen) atoms. The van der Waals surface area contributed by atoms with Gasteiger partial charge < -0.3 is 15.3 Å². The quantitative estimate of drug-likeness (QED) is 0.836. The van der Waals surface area contributed by atoms with E-state index in [0.717, 1.165) is 0 Å². The minimum atomic E-state index is -0.783. The molecule has 5 heteroatoms. The summed E-state index contributed by atoms with van der Waals surface area (Å²) in [6.07, 6.45) is -0.783. The van der Waals surface area contributed by atoms with Gasteiger partial charge in [0.2, 0.25) is 5.91 Å². The number of rotatable bonds is 5. The molecule has 0 spiro atoms. The number of halogens is 1. The molecular formula is C13H19FN2O2. The number of aliphatic hydroxyl groups is 1. The van der Waals surface area contributed by atoms with Crippen molar-refractivity contribution in [1.82, 2.24) is 5.32 Å². The minimum Gasteiger partial charge on any atom is -0.389 e. The predicted molar refractivity (Wildman–Crippen MR) is 69.0 cm³/mol. The van der Waals surface area contributed by atoms with E-state index in [1.165, 1.54) is 12.1 Å². The largest absolute Gasteiger partial charge is 0.389 e. The number of amides is 1. The second kappa shape index (κ2) is 6.35. The van der Waals surface area contributed by atoms with Gasteiger partial charge in [0.05, 0.1) is 12.6 Å². The minimum absolute atomic E-state index is 0.127. The number of anilines is 1. The van der Waals surface area contributed by atoms with Crippen molar-refractivity contribution in [3.63, 3.8) is 0 Å². The fourth-order valence-corrected chi connectivity index (χ4v) is 1.77. The number of carbonyl (C=O) groups excluding carboxylic acids is 1. The maximum Gasteiger partial charge on any atom is 0.239 e. The van der Waals surface area contributed by atoms with Crippen LogP contribution in [0.4, 0.5) is 10.1 Å². The molecular weight excluding hydrogens is 235 g/mol. The van der Waals surface area contributed by atoms with Crippen LogP contribution in [-0.2, 0) is 4.79 Å². The van der Waals surface area contributed by atoms with E-state index < -0.39 is 11.9 Å². The van der Waals surface area contributed by atoms with Gasteiger partial charge in [-0.25, -0.2) is 4.39 Å². The van der Waals surface area contributed by atoms with Crippen LogP contribution in [0.2, 0.25) is 0 Å². The fraction of sp³-hybridized carbons (Fsp3) is 0.462. The molecule has 0 aliphatic rings. The zero-order valence-corrected chi connectivity index (χ0v) is 10.9. The smallest absolute Gasteiger partial charge is 0.239 e. The lowest BCUT2D eigenvalue weighted by molar-refractivity contribution is -0.119. The van der Waals surface area contributed by atoms with Crippen molar-refractivity contribution in [2.45, 2.75) is 20.0 Å². The summed E-state index contributed by atoms with van der Waals surface area (Å²) in [7, 11) is 1.57. The van der Waals surface area contributed by atoms with Gasteiger partial charge in [-0.05, 0) is 32.0 Å². The van der Waals surface area contributed by atoms with Gasteiger partial charge in [0.25, 0.3) is 0 Å². The van der Waals surface area contributed by atoms with Gasteiger partial charge in [-0.2, -0.15) is 0 Å². The third kappa shape index (κ3) is 3.43. The monoisotopic (exact) mass is 254 g/mol. The van der Waals surface area contributed by atoms with Crippen molar-refractivity contribution in [1.29, 1.82) is 0 Å². The Kier molecular flexibility index (Phi) is 5.09. The molecule has 1 amide bonds. The van der Waals surface area contributed by atoms with Gasteiger partial charge in [-0.15, -0.1) is 0 Å². The van der Waals surface area contributed by atoms with Gasteiger partial charge in [-0.1, -0.05) is 0 Å². The number of benzene rings is 1. The molecule has 0 fully saturated rings. The molecule has 0 unspecified atom stereocenters. The molecule has 0 aliphatic heterocycles. The highest BCUT2D eigenvalue weighted by Gasteiger charge is 2.16. The SMILES string of the molecule is CCN(CC(=O)NC)c1ccc(F)cc1[C@H](C)O. The number of hydrogen-bond donors (Lipinski definition) is 2. The van der Waals surface area contributed by atoms with Crippen LogP contribution in [0.3, 0.4) is 0 Å². The third-order valence-electron chi connectivity index (χ3n) is 2.78. The van der Waals surface area contributed by atoms with Gasteiger partial charge in [-0.3, -0.25) is 4.79 Å². The molecule has 1 rings (SSSR count). The summed E-state index contributed by atoms with van der Waals surface area (Å²) < 4.78 is 13.2. The summed E-state index contributed by atoms with van der Waals surface area (Å²) in [5, 5.41) is 12.2. The number of hydrogen-bond acceptors (Lipinski definition) is 3. The first-order valence-corrected chi connectivity index (χ1v) is 5.92. The Labute approximate surface area is 106 Å². The van der Waals surface area contributed by atoms with E-state index in [1.54, 1.807) is 24.9 Å². The van der Waals surface area contributed by atoms with Gasteiger partial charge >= 0.3 is 0 Å². The van der Waals surface area contributed by atoms with Crippen molar-refractivity contribution < 1.29 is 14.3 Å². The predicted octanol–water partition coefficient (Wildman–Crippen LogP) is 1.45. The summed E-state index contributed by atoms with van der Waals surface area (Å²) in [6, 6.07) is 4.21. The number of nitrogens with zero attached hydrogens (tertiary/aromatic N) is 1. The van der Waals surface area contributed by atoms with Crippen molar-refractivity contribution in [3.8, 4) is 0 Å². The fourth-order valence-electron chi connectivity index (χ4n) is 1.77. The highest BCUT2D eigenvalue weighted by atomic mass is 19.1. The molecule has 0 aliphatic carbocycles. The molecule has 0 radical (unpaired) electrons. The number of nitrogens with one attached hydrogen (secondary N) is 1. The summed E-state index contributed by atoms with van der Waals surface area (Å²) in [6.45, 7) is 4.25. The zero-order valence-electron chi connectivity index (χ0n) is 10.9. The second-order valence-electron chi connectivity index (χ2n) is 4.07. The Morgan fingerprint density at radius 2 is 2.22 bits per heavy atom. The molecule has 2 N–H and O–H groups in total. The van der Waals surface area contributed by atoms with E-state index in [-0.39, 0.29) is 12.5 Å². The van der Waals surface area contributed by atoms with E-state index in [2.05, 4.69) is 5.32 Å². The Balaban J connectivity index is 3.08. The lowest BCUT2D eigenvalue weighted by atomic mass is 10.1. The van der Waals surface area contributed by atoms with Crippen LogP contribution in [0.15, 0.2) is 18.2 Å². The van der Waals surface area contributed by atoms with Crippen LogP contribution < -0.4 is 10.2 Å².